The first kappa shape index (κ1) is 12.9. The van der Waals surface area contributed by atoms with Gasteiger partial charge < -0.3 is 10.1 Å². The number of hydrogen-bond acceptors (Lipinski definition) is 3. The standard InChI is InChI=1S/C14H20ClNOS/c1-14(2)12(10-4-3-7-17-13(10)14)16-8-9-5-6-11(15)18-9/h5-6,10,12-13,16H,3-4,7-8H2,1-2H3. The summed E-state index contributed by atoms with van der Waals surface area (Å²) < 4.78 is 6.79. The van der Waals surface area contributed by atoms with Crippen molar-refractivity contribution in [3.8, 4) is 0 Å². The average Bonchev–Trinajstić information content (AvgIpc) is 2.75. The fourth-order valence-corrected chi connectivity index (χ4v) is 4.63. The van der Waals surface area contributed by atoms with E-state index in [1.165, 1.54) is 17.7 Å². The molecule has 2 nitrogen and oxygen atoms in total. The molecule has 1 aliphatic heterocycles. The van der Waals surface area contributed by atoms with Crippen molar-refractivity contribution in [3.05, 3.63) is 21.3 Å². The molecule has 3 rings (SSSR count). The van der Waals surface area contributed by atoms with Crippen molar-refractivity contribution in [2.75, 3.05) is 6.61 Å². The summed E-state index contributed by atoms with van der Waals surface area (Å²) in [6.07, 6.45) is 2.97. The molecule has 0 aromatic carbocycles. The number of nitrogens with one attached hydrogen (secondary N) is 1. The van der Waals surface area contributed by atoms with Crippen LogP contribution < -0.4 is 5.32 Å². The molecule has 2 fully saturated rings. The lowest BCUT2D eigenvalue weighted by Crippen LogP contribution is -2.69. The van der Waals surface area contributed by atoms with Crippen LogP contribution in [0.1, 0.15) is 31.6 Å². The number of rotatable bonds is 3. The number of thiophene rings is 1. The second-order valence-corrected chi connectivity index (χ2v) is 7.78. The van der Waals surface area contributed by atoms with Gasteiger partial charge in [-0.25, -0.2) is 0 Å². The summed E-state index contributed by atoms with van der Waals surface area (Å²) in [7, 11) is 0. The first-order valence-corrected chi connectivity index (χ1v) is 7.87. The molecule has 3 unspecified atom stereocenters. The van der Waals surface area contributed by atoms with E-state index in [1.54, 1.807) is 11.3 Å². The summed E-state index contributed by atoms with van der Waals surface area (Å²) in [6, 6.07) is 4.66. The predicted molar refractivity (Wildman–Crippen MR) is 76.2 cm³/mol. The van der Waals surface area contributed by atoms with Crippen LogP contribution in [-0.4, -0.2) is 18.8 Å². The summed E-state index contributed by atoms with van der Waals surface area (Å²) in [4.78, 5) is 1.32. The molecule has 1 saturated carbocycles. The Balaban J connectivity index is 1.62. The molecule has 0 amide bonds. The summed E-state index contributed by atoms with van der Waals surface area (Å²) >= 11 is 7.63. The summed E-state index contributed by atoms with van der Waals surface area (Å²) in [5.41, 5.74) is 0.256. The quantitative estimate of drug-likeness (QED) is 0.914. The SMILES string of the molecule is CC1(C)C(NCc2ccc(Cl)s2)C2CCCOC21. The summed E-state index contributed by atoms with van der Waals surface area (Å²) in [5, 5.41) is 3.71. The van der Waals surface area contributed by atoms with Crippen molar-refractivity contribution in [2.24, 2.45) is 11.3 Å². The van der Waals surface area contributed by atoms with Crippen LogP contribution in [0.4, 0.5) is 0 Å². The molecule has 2 heterocycles. The Hall–Kier alpha value is -0.0900. The van der Waals surface area contributed by atoms with Crippen molar-refractivity contribution in [1.82, 2.24) is 5.32 Å². The lowest BCUT2D eigenvalue weighted by Gasteiger charge is -2.60. The zero-order valence-corrected chi connectivity index (χ0v) is 12.5. The fourth-order valence-electron chi connectivity index (χ4n) is 3.59. The third kappa shape index (κ3) is 2.11. The molecule has 18 heavy (non-hydrogen) atoms. The third-order valence-electron chi connectivity index (χ3n) is 4.46. The van der Waals surface area contributed by atoms with Gasteiger partial charge in [-0.1, -0.05) is 25.4 Å². The minimum absolute atomic E-state index is 0.256. The molecule has 1 N–H and O–H groups in total. The molecule has 0 radical (unpaired) electrons. The molecular weight excluding hydrogens is 266 g/mol. The molecule has 1 aromatic heterocycles. The average molecular weight is 286 g/mol. The summed E-state index contributed by atoms with van der Waals surface area (Å²) in [5.74, 6) is 0.698. The number of halogens is 1. The van der Waals surface area contributed by atoms with Crippen molar-refractivity contribution in [3.63, 3.8) is 0 Å². The van der Waals surface area contributed by atoms with E-state index in [0.29, 0.717) is 18.1 Å². The smallest absolute Gasteiger partial charge is 0.0931 e. The first-order chi connectivity index (χ1) is 8.59. The van der Waals surface area contributed by atoms with Crippen LogP contribution in [0.5, 0.6) is 0 Å². The lowest BCUT2D eigenvalue weighted by molar-refractivity contribution is -0.192. The molecule has 2 aliphatic rings. The Kier molecular flexibility index (Phi) is 3.43. The largest absolute Gasteiger partial charge is 0.377 e. The second-order valence-electron chi connectivity index (χ2n) is 5.98. The van der Waals surface area contributed by atoms with Crippen LogP contribution >= 0.6 is 22.9 Å². The highest BCUT2D eigenvalue weighted by molar-refractivity contribution is 7.16. The van der Waals surface area contributed by atoms with Crippen LogP contribution in [0.2, 0.25) is 4.34 Å². The van der Waals surface area contributed by atoms with Gasteiger partial charge in [-0.05, 0) is 25.0 Å². The van der Waals surface area contributed by atoms with E-state index < -0.39 is 0 Å². The van der Waals surface area contributed by atoms with Gasteiger partial charge in [0.1, 0.15) is 0 Å². The van der Waals surface area contributed by atoms with Crippen molar-refractivity contribution < 1.29 is 4.74 Å². The van der Waals surface area contributed by atoms with Crippen LogP contribution in [0.15, 0.2) is 12.1 Å². The van der Waals surface area contributed by atoms with Crippen LogP contribution in [0, 0.1) is 11.3 Å². The maximum atomic E-state index is 5.96. The van der Waals surface area contributed by atoms with Crippen LogP contribution in [0.3, 0.4) is 0 Å². The fraction of sp³-hybridized carbons (Fsp3) is 0.714. The molecule has 1 saturated heterocycles. The Morgan fingerprint density at radius 2 is 2.33 bits per heavy atom. The monoisotopic (exact) mass is 285 g/mol. The van der Waals surface area contributed by atoms with Crippen LogP contribution in [0.25, 0.3) is 0 Å². The molecule has 1 aromatic rings. The van der Waals surface area contributed by atoms with Crippen molar-refractivity contribution in [1.29, 1.82) is 0 Å². The zero-order chi connectivity index (χ0) is 12.8. The van der Waals surface area contributed by atoms with Gasteiger partial charge in [0.15, 0.2) is 0 Å². The third-order valence-corrected chi connectivity index (χ3v) is 5.69. The van der Waals surface area contributed by atoms with E-state index in [2.05, 4.69) is 25.2 Å². The van der Waals surface area contributed by atoms with Gasteiger partial charge >= 0.3 is 0 Å². The highest BCUT2D eigenvalue weighted by atomic mass is 35.5. The molecule has 0 bridgehead atoms. The Morgan fingerprint density at radius 1 is 1.50 bits per heavy atom. The predicted octanol–water partition coefficient (Wildman–Crippen LogP) is 3.69. The first-order valence-electron chi connectivity index (χ1n) is 6.68. The van der Waals surface area contributed by atoms with Crippen molar-refractivity contribution in [2.45, 2.75) is 45.4 Å². The molecule has 4 heteroatoms. The van der Waals surface area contributed by atoms with Crippen LogP contribution in [-0.2, 0) is 11.3 Å². The Bertz CT molecular complexity index is 431. The topological polar surface area (TPSA) is 21.3 Å². The van der Waals surface area contributed by atoms with Gasteiger partial charge in [0.2, 0.25) is 0 Å². The van der Waals surface area contributed by atoms with E-state index in [4.69, 9.17) is 16.3 Å². The summed E-state index contributed by atoms with van der Waals surface area (Å²) in [6.45, 7) is 6.50. The Labute approximate surface area is 118 Å². The second kappa shape index (κ2) is 4.78. The van der Waals surface area contributed by atoms with E-state index in [9.17, 15) is 0 Å². The molecule has 3 atom stereocenters. The minimum atomic E-state index is 0.256. The maximum Gasteiger partial charge on any atom is 0.0931 e. The number of hydrogen-bond donors (Lipinski definition) is 1. The van der Waals surface area contributed by atoms with Crippen molar-refractivity contribution >= 4 is 22.9 Å². The molecule has 100 valence electrons. The highest BCUT2D eigenvalue weighted by Gasteiger charge is 2.57. The van der Waals surface area contributed by atoms with Gasteiger partial charge in [0.05, 0.1) is 10.4 Å². The van der Waals surface area contributed by atoms with E-state index in [0.717, 1.165) is 17.5 Å². The number of ether oxygens (including phenoxy) is 1. The lowest BCUT2D eigenvalue weighted by atomic mass is 9.55. The van der Waals surface area contributed by atoms with E-state index in [1.807, 2.05) is 6.07 Å². The maximum absolute atomic E-state index is 5.96. The van der Waals surface area contributed by atoms with E-state index in [-0.39, 0.29) is 5.41 Å². The Morgan fingerprint density at radius 3 is 3.06 bits per heavy atom. The highest BCUT2D eigenvalue weighted by Crippen LogP contribution is 2.51. The minimum Gasteiger partial charge on any atom is -0.377 e. The van der Waals surface area contributed by atoms with E-state index >= 15 is 0 Å². The van der Waals surface area contributed by atoms with Gasteiger partial charge in [-0.2, -0.15) is 0 Å². The normalized spacial score (nSPS) is 33.8. The zero-order valence-electron chi connectivity index (χ0n) is 10.9. The van der Waals surface area contributed by atoms with Gasteiger partial charge in [-0.15, -0.1) is 11.3 Å². The van der Waals surface area contributed by atoms with Gasteiger partial charge in [0.25, 0.3) is 0 Å². The molecular formula is C14H20ClNOS. The van der Waals surface area contributed by atoms with Gasteiger partial charge in [-0.3, -0.25) is 0 Å². The van der Waals surface area contributed by atoms with Gasteiger partial charge in [0, 0.05) is 35.4 Å². The molecule has 1 aliphatic carbocycles. The number of fused-ring (bicyclic) bond motifs is 1. The molecule has 0 spiro atoms.